The Kier molecular flexibility index (Phi) is 4.57. The van der Waals surface area contributed by atoms with Gasteiger partial charge in [-0.2, -0.15) is 11.3 Å². The molecule has 1 atom stereocenters. The summed E-state index contributed by atoms with van der Waals surface area (Å²) in [6.45, 7) is 4.29. The molecule has 2 aromatic rings. The van der Waals surface area contributed by atoms with Crippen molar-refractivity contribution in [2.75, 3.05) is 26.2 Å². The summed E-state index contributed by atoms with van der Waals surface area (Å²) in [4.78, 5) is 29.3. The van der Waals surface area contributed by atoms with Gasteiger partial charge in [0.1, 0.15) is 0 Å². The number of carbonyl (C=O) groups excluding carboxylic acids is 2. The monoisotopic (exact) mass is 395 g/mol. The van der Waals surface area contributed by atoms with Gasteiger partial charge in [0.2, 0.25) is 0 Å². The molecule has 1 aromatic heterocycles. The Balaban J connectivity index is 1.30. The lowest BCUT2D eigenvalue weighted by atomic mass is 9.93. The maximum atomic E-state index is 12.7. The van der Waals surface area contributed by atoms with Crippen LogP contribution >= 0.6 is 11.3 Å². The zero-order valence-electron chi connectivity index (χ0n) is 15.9. The first kappa shape index (κ1) is 18.0. The van der Waals surface area contributed by atoms with E-state index in [1.54, 1.807) is 23.5 Å². The maximum absolute atomic E-state index is 12.7. The standard InChI is InChI=1S/C22H25N3O2S/c26-20-17-3-1-2-4-18(17)21(27)25(20)11-10-24(14-16-5-12-28-15-16)19-13-22(19)6-8-23-9-7-22/h1-5,12,15,19,23H,6-11,13-14H2. The minimum absolute atomic E-state index is 0.150. The number of hydrogen-bond donors (Lipinski definition) is 1. The minimum Gasteiger partial charge on any atom is -0.317 e. The molecule has 6 heteroatoms. The van der Waals surface area contributed by atoms with Crippen LogP contribution in [0.4, 0.5) is 0 Å². The summed E-state index contributed by atoms with van der Waals surface area (Å²) in [5.74, 6) is -0.299. The van der Waals surface area contributed by atoms with Gasteiger partial charge in [0, 0.05) is 25.7 Å². The Hall–Kier alpha value is -2.02. The zero-order valence-corrected chi connectivity index (χ0v) is 16.7. The highest BCUT2D eigenvalue weighted by molar-refractivity contribution is 7.07. The highest BCUT2D eigenvalue weighted by atomic mass is 32.1. The molecule has 1 saturated carbocycles. The quantitative estimate of drug-likeness (QED) is 0.764. The fraction of sp³-hybridized carbons (Fsp3) is 0.455. The van der Waals surface area contributed by atoms with Crippen molar-refractivity contribution in [1.82, 2.24) is 15.1 Å². The molecule has 1 saturated heterocycles. The van der Waals surface area contributed by atoms with E-state index in [1.165, 1.54) is 29.7 Å². The number of rotatable bonds is 6. The van der Waals surface area contributed by atoms with Crippen molar-refractivity contribution in [3.05, 3.63) is 57.8 Å². The first-order valence-corrected chi connectivity index (χ1v) is 11.0. The number of nitrogens with zero attached hydrogens (tertiary/aromatic N) is 2. The summed E-state index contributed by atoms with van der Waals surface area (Å²) in [5.41, 5.74) is 2.84. The predicted molar refractivity (Wildman–Crippen MR) is 109 cm³/mol. The molecule has 0 bridgehead atoms. The fourth-order valence-electron chi connectivity index (χ4n) is 4.94. The average Bonchev–Trinajstić information content (AvgIpc) is 3.06. The van der Waals surface area contributed by atoms with Gasteiger partial charge in [-0.15, -0.1) is 0 Å². The molecule has 1 aromatic carbocycles. The highest BCUT2D eigenvalue weighted by Crippen LogP contribution is 2.56. The maximum Gasteiger partial charge on any atom is 0.261 e. The van der Waals surface area contributed by atoms with Crippen LogP contribution in [0, 0.1) is 5.41 Å². The van der Waals surface area contributed by atoms with E-state index >= 15 is 0 Å². The van der Waals surface area contributed by atoms with E-state index in [2.05, 4.69) is 27.0 Å². The molecule has 5 rings (SSSR count). The average molecular weight is 396 g/mol. The van der Waals surface area contributed by atoms with Gasteiger partial charge in [-0.05, 0) is 72.3 Å². The Morgan fingerprint density at radius 3 is 2.46 bits per heavy atom. The Morgan fingerprint density at radius 1 is 1.11 bits per heavy atom. The van der Waals surface area contributed by atoms with Crippen molar-refractivity contribution < 1.29 is 9.59 Å². The zero-order chi connectivity index (χ0) is 19.1. The number of thiophene rings is 1. The third-order valence-electron chi connectivity index (χ3n) is 6.64. The molecule has 1 spiro atoms. The van der Waals surface area contributed by atoms with Gasteiger partial charge < -0.3 is 5.32 Å². The van der Waals surface area contributed by atoms with Crippen molar-refractivity contribution in [1.29, 1.82) is 0 Å². The number of nitrogens with one attached hydrogen (secondary N) is 1. The van der Waals surface area contributed by atoms with Gasteiger partial charge >= 0.3 is 0 Å². The smallest absolute Gasteiger partial charge is 0.261 e. The van der Waals surface area contributed by atoms with Crippen LogP contribution in [0.25, 0.3) is 0 Å². The fourth-order valence-corrected chi connectivity index (χ4v) is 5.60. The molecule has 2 fully saturated rings. The Morgan fingerprint density at radius 2 is 1.82 bits per heavy atom. The molecule has 5 nitrogen and oxygen atoms in total. The summed E-state index contributed by atoms with van der Waals surface area (Å²) in [7, 11) is 0. The lowest BCUT2D eigenvalue weighted by Gasteiger charge is -2.30. The molecule has 28 heavy (non-hydrogen) atoms. The van der Waals surface area contributed by atoms with Gasteiger partial charge in [0.05, 0.1) is 11.1 Å². The molecule has 2 aliphatic heterocycles. The highest BCUT2D eigenvalue weighted by Gasteiger charge is 2.56. The lowest BCUT2D eigenvalue weighted by Crippen LogP contribution is -2.41. The molecule has 1 aliphatic carbocycles. The first-order valence-electron chi connectivity index (χ1n) is 10.1. The van der Waals surface area contributed by atoms with Crippen LogP contribution < -0.4 is 5.32 Å². The van der Waals surface area contributed by atoms with E-state index in [1.807, 2.05) is 12.1 Å². The second-order valence-electron chi connectivity index (χ2n) is 8.24. The van der Waals surface area contributed by atoms with E-state index in [-0.39, 0.29) is 11.8 Å². The number of carbonyl (C=O) groups is 2. The number of hydrogen-bond acceptors (Lipinski definition) is 5. The van der Waals surface area contributed by atoms with Crippen molar-refractivity contribution in [2.45, 2.75) is 31.8 Å². The van der Waals surface area contributed by atoms with Crippen LogP contribution in [0.15, 0.2) is 41.1 Å². The Labute approximate surface area is 169 Å². The van der Waals surface area contributed by atoms with Crippen LogP contribution in [0.5, 0.6) is 0 Å². The Bertz CT molecular complexity index is 854. The molecule has 1 unspecified atom stereocenters. The second kappa shape index (κ2) is 7.10. The van der Waals surface area contributed by atoms with Crippen molar-refractivity contribution in [3.8, 4) is 0 Å². The van der Waals surface area contributed by atoms with Gasteiger partial charge in [-0.3, -0.25) is 19.4 Å². The summed E-state index contributed by atoms with van der Waals surface area (Å²) in [6.07, 6.45) is 3.69. The predicted octanol–water partition coefficient (Wildman–Crippen LogP) is 2.99. The van der Waals surface area contributed by atoms with Crippen molar-refractivity contribution in [3.63, 3.8) is 0 Å². The van der Waals surface area contributed by atoms with E-state index in [4.69, 9.17) is 0 Å². The largest absolute Gasteiger partial charge is 0.317 e. The van der Waals surface area contributed by atoms with Crippen LogP contribution in [-0.4, -0.2) is 53.8 Å². The third-order valence-corrected chi connectivity index (χ3v) is 7.37. The number of amides is 2. The summed E-state index contributed by atoms with van der Waals surface area (Å²) >= 11 is 1.72. The summed E-state index contributed by atoms with van der Waals surface area (Å²) < 4.78 is 0. The molecule has 146 valence electrons. The molecular weight excluding hydrogens is 370 g/mol. The second-order valence-corrected chi connectivity index (χ2v) is 9.02. The normalized spacial score (nSPS) is 22.9. The van der Waals surface area contributed by atoms with Crippen molar-refractivity contribution in [2.24, 2.45) is 5.41 Å². The number of piperidine rings is 1. The number of fused-ring (bicyclic) bond motifs is 1. The number of benzene rings is 1. The summed E-state index contributed by atoms with van der Waals surface area (Å²) in [6, 6.07) is 9.89. The first-order chi connectivity index (χ1) is 13.7. The molecular formula is C22H25N3O2S. The molecule has 0 radical (unpaired) electrons. The van der Waals surface area contributed by atoms with Gasteiger partial charge in [0.25, 0.3) is 11.8 Å². The van der Waals surface area contributed by atoms with E-state index in [0.29, 0.717) is 29.1 Å². The minimum atomic E-state index is -0.150. The van der Waals surface area contributed by atoms with Gasteiger partial charge in [0.15, 0.2) is 0 Å². The van der Waals surface area contributed by atoms with E-state index < -0.39 is 0 Å². The van der Waals surface area contributed by atoms with Gasteiger partial charge in [-0.1, -0.05) is 12.1 Å². The number of imide groups is 1. The third kappa shape index (κ3) is 3.09. The molecule has 1 N–H and O–H groups in total. The lowest BCUT2D eigenvalue weighted by molar-refractivity contribution is 0.0626. The van der Waals surface area contributed by atoms with Crippen LogP contribution in [0.3, 0.4) is 0 Å². The SMILES string of the molecule is O=C1c2ccccc2C(=O)N1CCN(Cc1ccsc1)C1CC12CCNCC2. The van der Waals surface area contributed by atoms with Crippen LogP contribution in [-0.2, 0) is 6.54 Å². The topological polar surface area (TPSA) is 52.7 Å². The molecule has 3 aliphatic rings. The molecule has 2 amide bonds. The molecule has 3 heterocycles. The van der Waals surface area contributed by atoms with Crippen LogP contribution in [0.1, 0.15) is 45.5 Å². The summed E-state index contributed by atoms with van der Waals surface area (Å²) in [5, 5.41) is 7.79. The van der Waals surface area contributed by atoms with E-state index in [9.17, 15) is 9.59 Å². The van der Waals surface area contributed by atoms with Crippen molar-refractivity contribution >= 4 is 23.2 Å². The van der Waals surface area contributed by atoms with Crippen LogP contribution in [0.2, 0.25) is 0 Å². The van der Waals surface area contributed by atoms with E-state index in [0.717, 1.165) is 26.2 Å². The van der Waals surface area contributed by atoms with Gasteiger partial charge in [-0.25, -0.2) is 0 Å².